The van der Waals surface area contributed by atoms with Crippen molar-refractivity contribution >= 4 is 10.8 Å². The van der Waals surface area contributed by atoms with Crippen molar-refractivity contribution < 1.29 is 5.11 Å². The van der Waals surface area contributed by atoms with E-state index in [9.17, 15) is 5.11 Å². The number of aryl methyl sites for hydroxylation is 2. The standard InChI is InChI=1S/C11H11NO/c1-7-6-12-8(2)10-4-3-9(13)5-11(7)10/h3-6,13H,1-2H3. The van der Waals surface area contributed by atoms with Crippen LogP contribution < -0.4 is 0 Å². The number of phenolic OH excluding ortho intramolecular Hbond substituents is 1. The molecule has 2 aromatic rings. The van der Waals surface area contributed by atoms with Crippen molar-refractivity contribution in [2.75, 3.05) is 0 Å². The molecule has 0 aliphatic carbocycles. The molecule has 0 fully saturated rings. The first kappa shape index (κ1) is 8.05. The van der Waals surface area contributed by atoms with E-state index >= 15 is 0 Å². The SMILES string of the molecule is Cc1cnc(C)c2ccc(O)cc12. The van der Waals surface area contributed by atoms with E-state index in [1.807, 2.05) is 26.1 Å². The maximum absolute atomic E-state index is 9.33. The molecule has 0 saturated heterocycles. The molecule has 0 aliphatic heterocycles. The number of fused-ring (bicyclic) bond motifs is 1. The Balaban J connectivity index is 2.92. The van der Waals surface area contributed by atoms with Crippen LogP contribution in [-0.4, -0.2) is 10.1 Å². The molecule has 0 amide bonds. The molecule has 0 aliphatic rings. The fraction of sp³-hybridized carbons (Fsp3) is 0.182. The molecular weight excluding hydrogens is 162 g/mol. The van der Waals surface area contributed by atoms with Gasteiger partial charge in [-0.2, -0.15) is 0 Å². The zero-order valence-electron chi connectivity index (χ0n) is 7.70. The Morgan fingerprint density at radius 3 is 2.69 bits per heavy atom. The van der Waals surface area contributed by atoms with Gasteiger partial charge in [0, 0.05) is 17.3 Å². The van der Waals surface area contributed by atoms with Gasteiger partial charge in [0.2, 0.25) is 0 Å². The molecule has 0 bridgehead atoms. The second-order valence-electron chi connectivity index (χ2n) is 3.26. The van der Waals surface area contributed by atoms with Gasteiger partial charge >= 0.3 is 0 Å². The summed E-state index contributed by atoms with van der Waals surface area (Å²) in [7, 11) is 0. The average Bonchev–Trinajstić information content (AvgIpc) is 2.12. The Hall–Kier alpha value is -1.57. The highest BCUT2D eigenvalue weighted by Crippen LogP contribution is 2.23. The van der Waals surface area contributed by atoms with Crippen LogP contribution in [0.5, 0.6) is 5.75 Å². The van der Waals surface area contributed by atoms with Crippen molar-refractivity contribution in [3.05, 3.63) is 35.7 Å². The number of pyridine rings is 1. The van der Waals surface area contributed by atoms with Crippen molar-refractivity contribution in [2.24, 2.45) is 0 Å². The molecule has 1 N–H and O–H groups in total. The summed E-state index contributed by atoms with van der Waals surface area (Å²) in [6, 6.07) is 5.37. The predicted octanol–water partition coefficient (Wildman–Crippen LogP) is 2.56. The van der Waals surface area contributed by atoms with Crippen LogP contribution in [-0.2, 0) is 0 Å². The van der Waals surface area contributed by atoms with Gasteiger partial charge in [-0.05, 0) is 43.0 Å². The molecule has 0 saturated carbocycles. The highest BCUT2D eigenvalue weighted by atomic mass is 16.3. The van der Waals surface area contributed by atoms with Crippen molar-refractivity contribution in [1.29, 1.82) is 0 Å². The Kier molecular flexibility index (Phi) is 1.69. The van der Waals surface area contributed by atoms with E-state index in [1.54, 1.807) is 12.1 Å². The highest BCUT2D eigenvalue weighted by Gasteiger charge is 2.01. The van der Waals surface area contributed by atoms with Gasteiger partial charge in [0.1, 0.15) is 5.75 Å². The molecule has 1 aromatic carbocycles. The summed E-state index contributed by atoms with van der Waals surface area (Å²) < 4.78 is 0. The minimum absolute atomic E-state index is 0.307. The van der Waals surface area contributed by atoms with Gasteiger partial charge in [0.05, 0.1) is 0 Å². The normalized spacial score (nSPS) is 10.6. The van der Waals surface area contributed by atoms with E-state index in [0.29, 0.717) is 5.75 Å². The second-order valence-corrected chi connectivity index (χ2v) is 3.26. The molecule has 2 rings (SSSR count). The molecule has 0 radical (unpaired) electrons. The summed E-state index contributed by atoms with van der Waals surface area (Å²) in [4.78, 5) is 4.25. The number of hydrogen-bond acceptors (Lipinski definition) is 2. The lowest BCUT2D eigenvalue weighted by molar-refractivity contribution is 0.476. The van der Waals surface area contributed by atoms with Crippen LogP contribution in [0.1, 0.15) is 11.3 Å². The second kappa shape index (κ2) is 2.73. The maximum atomic E-state index is 9.33. The Morgan fingerprint density at radius 2 is 1.92 bits per heavy atom. The van der Waals surface area contributed by atoms with Gasteiger partial charge in [0.25, 0.3) is 0 Å². The fourth-order valence-electron chi connectivity index (χ4n) is 1.51. The number of phenols is 1. The zero-order chi connectivity index (χ0) is 9.42. The lowest BCUT2D eigenvalue weighted by atomic mass is 10.1. The third kappa shape index (κ3) is 1.24. The number of hydrogen-bond donors (Lipinski definition) is 1. The van der Waals surface area contributed by atoms with Crippen LogP contribution in [0.4, 0.5) is 0 Å². The van der Waals surface area contributed by atoms with Gasteiger partial charge in [-0.25, -0.2) is 0 Å². The third-order valence-electron chi connectivity index (χ3n) is 2.27. The molecule has 2 nitrogen and oxygen atoms in total. The first-order valence-corrected chi connectivity index (χ1v) is 4.23. The molecular formula is C11H11NO. The number of rotatable bonds is 0. The maximum Gasteiger partial charge on any atom is 0.116 e. The number of aromatic hydroxyl groups is 1. The minimum Gasteiger partial charge on any atom is -0.508 e. The molecule has 1 aromatic heterocycles. The van der Waals surface area contributed by atoms with Gasteiger partial charge in [-0.15, -0.1) is 0 Å². The van der Waals surface area contributed by atoms with Crippen molar-refractivity contribution in [3.63, 3.8) is 0 Å². The molecule has 13 heavy (non-hydrogen) atoms. The van der Waals surface area contributed by atoms with Crippen LogP contribution in [0.25, 0.3) is 10.8 Å². The van der Waals surface area contributed by atoms with Crippen molar-refractivity contribution in [2.45, 2.75) is 13.8 Å². The van der Waals surface area contributed by atoms with E-state index in [2.05, 4.69) is 4.98 Å². The van der Waals surface area contributed by atoms with Crippen LogP contribution in [0.15, 0.2) is 24.4 Å². The first-order chi connectivity index (χ1) is 6.18. The number of aromatic nitrogens is 1. The van der Waals surface area contributed by atoms with Gasteiger partial charge in [-0.3, -0.25) is 4.98 Å². The first-order valence-electron chi connectivity index (χ1n) is 4.23. The number of nitrogens with zero attached hydrogens (tertiary/aromatic N) is 1. The molecule has 2 heteroatoms. The van der Waals surface area contributed by atoms with Gasteiger partial charge in [-0.1, -0.05) is 0 Å². The molecule has 0 unspecified atom stereocenters. The fourth-order valence-corrected chi connectivity index (χ4v) is 1.51. The topological polar surface area (TPSA) is 33.1 Å². The van der Waals surface area contributed by atoms with Crippen molar-refractivity contribution in [3.8, 4) is 5.75 Å². The van der Waals surface area contributed by atoms with E-state index in [0.717, 1.165) is 22.0 Å². The Labute approximate surface area is 76.9 Å². The van der Waals surface area contributed by atoms with Crippen LogP contribution in [0, 0.1) is 13.8 Å². The summed E-state index contributed by atoms with van der Waals surface area (Å²) >= 11 is 0. The molecule has 66 valence electrons. The quantitative estimate of drug-likeness (QED) is 0.664. The third-order valence-corrected chi connectivity index (χ3v) is 2.27. The summed E-state index contributed by atoms with van der Waals surface area (Å²) in [6.45, 7) is 3.97. The van der Waals surface area contributed by atoms with E-state index in [1.165, 1.54) is 0 Å². The van der Waals surface area contributed by atoms with Gasteiger partial charge < -0.3 is 5.11 Å². The largest absolute Gasteiger partial charge is 0.508 e. The van der Waals surface area contributed by atoms with Crippen molar-refractivity contribution in [1.82, 2.24) is 4.98 Å². The lowest BCUT2D eigenvalue weighted by Crippen LogP contribution is -1.86. The van der Waals surface area contributed by atoms with E-state index in [4.69, 9.17) is 0 Å². The molecule has 0 spiro atoms. The minimum atomic E-state index is 0.307. The lowest BCUT2D eigenvalue weighted by Gasteiger charge is -2.04. The molecule has 0 atom stereocenters. The predicted molar refractivity (Wildman–Crippen MR) is 52.9 cm³/mol. The van der Waals surface area contributed by atoms with Crippen LogP contribution in [0.2, 0.25) is 0 Å². The van der Waals surface area contributed by atoms with E-state index in [-0.39, 0.29) is 0 Å². The zero-order valence-corrected chi connectivity index (χ0v) is 7.70. The van der Waals surface area contributed by atoms with Crippen LogP contribution in [0.3, 0.4) is 0 Å². The summed E-state index contributed by atoms with van der Waals surface area (Å²) in [5.41, 5.74) is 2.09. The smallest absolute Gasteiger partial charge is 0.116 e. The highest BCUT2D eigenvalue weighted by molar-refractivity contribution is 5.88. The molecule has 1 heterocycles. The Morgan fingerprint density at radius 1 is 1.15 bits per heavy atom. The average molecular weight is 173 g/mol. The summed E-state index contributed by atoms with van der Waals surface area (Å²) in [5.74, 6) is 0.307. The monoisotopic (exact) mass is 173 g/mol. The van der Waals surface area contributed by atoms with Crippen LogP contribution >= 0.6 is 0 Å². The Bertz CT molecular complexity index is 463. The summed E-state index contributed by atoms with van der Waals surface area (Å²) in [6.07, 6.45) is 1.83. The van der Waals surface area contributed by atoms with Gasteiger partial charge in [0.15, 0.2) is 0 Å². The van der Waals surface area contributed by atoms with E-state index < -0.39 is 0 Å². The summed E-state index contributed by atoms with van der Waals surface area (Å²) in [5, 5.41) is 11.5. The number of benzene rings is 1.